The van der Waals surface area contributed by atoms with Gasteiger partial charge < -0.3 is 14.4 Å². The van der Waals surface area contributed by atoms with Crippen LogP contribution in [-0.4, -0.2) is 68.5 Å². The second-order valence-electron chi connectivity index (χ2n) is 9.34. The summed E-state index contributed by atoms with van der Waals surface area (Å²) in [6.07, 6.45) is 1.51. The largest absolute Gasteiger partial charge is 0.376 e. The van der Waals surface area contributed by atoms with Gasteiger partial charge in [-0.25, -0.2) is 8.42 Å². The molecule has 2 aliphatic rings. The maximum absolute atomic E-state index is 13.0. The van der Waals surface area contributed by atoms with E-state index in [0.717, 1.165) is 12.8 Å². The van der Waals surface area contributed by atoms with Gasteiger partial charge in [0.15, 0.2) is 0 Å². The van der Waals surface area contributed by atoms with Gasteiger partial charge in [0.2, 0.25) is 10.0 Å². The van der Waals surface area contributed by atoms with E-state index in [1.54, 1.807) is 12.1 Å². The molecule has 2 aromatic carbocycles. The highest BCUT2D eigenvalue weighted by molar-refractivity contribution is 7.89. The summed E-state index contributed by atoms with van der Waals surface area (Å²) in [7, 11) is -3.62. The maximum atomic E-state index is 13.0. The highest BCUT2D eigenvalue weighted by Gasteiger charge is 2.32. The number of piperidine rings is 1. The third-order valence-corrected chi connectivity index (χ3v) is 8.34. The monoisotopic (exact) mass is 486 g/mol. The average molecular weight is 487 g/mol. The standard InChI is InChI=1S/C26H34N2O5S/c1-20-16-28(17-21(2)33-20)34(30,31)25-10-8-24(9-11-25)26(29)27-14-12-23(13-15-27)19-32-18-22-6-4-3-5-7-22/h3-11,20-21,23H,12-19H2,1-2H3. The number of ether oxygens (including phenoxy) is 2. The average Bonchev–Trinajstić information content (AvgIpc) is 2.84. The van der Waals surface area contributed by atoms with Gasteiger partial charge in [-0.05, 0) is 62.4 Å². The van der Waals surface area contributed by atoms with E-state index in [1.807, 2.05) is 36.9 Å². The summed E-state index contributed by atoms with van der Waals surface area (Å²) >= 11 is 0. The lowest BCUT2D eigenvalue weighted by Crippen LogP contribution is -2.48. The van der Waals surface area contributed by atoms with E-state index in [9.17, 15) is 13.2 Å². The molecule has 2 fully saturated rings. The summed E-state index contributed by atoms with van der Waals surface area (Å²) in [5.41, 5.74) is 1.68. The number of morpholine rings is 1. The second-order valence-corrected chi connectivity index (χ2v) is 11.3. The Hall–Kier alpha value is -2.26. The zero-order chi connectivity index (χ0) is 24.1. The van der Waals surface area contributed by atoms with Crippen molar-refractivity contribution in [3.05, 3.63) is 65.7 Å². The fourth-order valence-electron chi connectivity index (χ4n) is 4.65. The molecular formula is C26H34N2O5S. The fourth-order valence-corrected chi connectivity index (χ4v) is 6.24. The molecule has 0 radical (unpaired) electrons. The molecule has 2 aromatic rings. The van der Waals surface area contributed by atoms with Gasteiger partial charge in [0.25, 0.3) is 5.91 Å². The van der Waals surface area contributed by atoms with Crippen molar-refractivity contribution in [1.82, 2.24) is 9.21 Å². The molecule has 0 bridgehead atoms. The molecule has 2 saturated heterocycles. The Balaban J connectivity index is 1.28. The maximum Gasteiger partial charge on any atom is 0.253 e. The van der Waals surface area contributed by atoms with Gasteiger partial charge in [-0.2, -0.15) is 4.31 Å². The van der Waals surface area contributed by atoms with Crippen molar-refractivity contribution in [3.63, 3.8) is 0 Å². The zero-order valence-electron chi connectivity index (χ0n) is 19.9. The molecule has 0 saturated carbocycles. The van der Waals surface area contributed by atoms with Crippen molar-refractivity contribution < 1.29 is 22.7 Å². The van der Waals surface area contributed by atoms with Crippen LogP contribution in [0.1, 0.15) is 42.6 Å². The van der Waals surface area contributed by atoms with Crippen molar-refractivity contribution in [2.45, 2.75) is 50.4 Å². The fraction of sp³-hybridized carbons (Fsp3) is 0.500. The van der Waals surface area contributed by atoms with Crippen LogP contribution in [0.15, 0.2) is 59.5 Å². The SMILES string of the molecule is CC1CN(S(=O)(=O)c2ccc(C(=O)N3CCC(COCc4ccccc4)CC3)cc2)CC(C)O1. The van der Waals surface area contributed by atoms with Crippen molar-refractivity contribution in [2.24, 2.45) is 5.92 Å². The molecule has 184 valence electrons. The van der Waals surface area contributed by atoms with Crippen molar-refractivity contribution in [1.29, 1.82) is 0 Å². The normalized spacial score (nSPS) is 22.6. The van der Waals surface area contributed by atoms with E-state index in [-0.39, 0.29) is 23.0 Å². The minimum absolute atomic E-state index is 0.0544. The number of hydrogen-bond donors (Lipinski definition) is 0. The number of nitrogens with zero attached hydrogens (tertiary/aromatic N) is 2. The minimum Gasteiger partial charge on any atom is -0.376 e. The summed E-state index contributed by atoms with van der Waals surface area (Å²) < 4.78 is 39.1. The van der Waals surface area contributed by atoms with Crippen LogP contribution in [0.5, 0.6) is 0 Å². The topological polar surface area (TPSA) is 76.2 Å². The van der Waals surface area contributed by atoms with E-state index in [0.29, 0.717) is 50.9 Å². The first kappa shape index (κ1) is 24.9. The van der Waals surface area contributed by atoms with E-state index < -0.39 is 10.0 Å². The second kappa shape index (κ2) is 11.0. The van der Waals surface area contributed by atoms with Gasteiger partial charge >= 0.3 is 0 Å². The van der Waals surface area contributed by atoms with Crippen LogP contribution in [0.25, 0.3) is 0 Å². The number of likely N-dealkylation sites (tertiary alicyclic amines) is 1. The van der Waals surface area contributed by atoms with E-state index >= 15 is 0 Å². The Bertz CT molecular complexity index is 1040. The number of rotatable bonds is 7. The smallest absolute Gasteiger partial charge is 0.253 e. The Kier molecular flexibility index (Phi) is 8.03. The van der Waals surface area contributed by atoms with Crippen LogP contribution in [0, 0.1) is 5.92 Å². The third kappa shape index (κ3) is 6.05. The first-order chi connectivity index (χ1) is 16.3. The van der Waals surface area contributed by atoms with Crippen molar-refractivity contribution in [3.8, 4) is 0 Å². The number of carbonyl (C=O) groups excluding carboxylic acids is 1. The lowest BCUT2D eigenvalue weighted by Gasteiger charge is -2.34. The van der Waals surface area contributed by atoms with Gasteiger partial charge in [0.05, 0.1) is 23.7 Å². The Morgan fingerprint density at radius 1 is 0.971 bits per heavy atom. The van der Waals surface area contributed by atoms with Gasteiger partial charge in [-0.15, -0.1) is 0 Å². The number of benzene rings is 2. The van der Waals surface area contributed by atoms with Crippen LogP contribution in [0.2, 0.25) is 0 Å². The van der Waals surface area contributed by atoms with Gasteiger partial charge in [0.1, 0.15) is 0 Å². The highest BCUT2D eigenvalue weighted by atomic mass is 32.2. The van der Waals surface area contributed by atoms with Crippen LogP contribution in [0.4, 0.5) is 0 Å². The molecule has 34 heavy (non-hydrogen) atoms. The van der Waals surface area contributed by atoms with E-state index in [4.69, 9.17) is 9.47 Å². The molecular weight excluding hydrogens is 452 g/mol. The molecule has 0 N–H and O–H groups in total. The molecule has 0 aromatic heterocycles. The highest BCUT2D eigenvalue weighted by Crippen LogP contribution is 2.23. The first-order valence-corrected chi connectivity index (χ1v) is 13.4. The summed E-state index contributed by atoms with van der Waals surface area (Å²) in [5.74, 6) is 0.389. The Labute approximate surface area is 202 Å². The molecule has 8 heteroatoms. The minimum atomic E-state index is -3.62. The summed E-state index contributed by atoms with van der Waals surface area (Å²) in [6.45, 7) is 7.08. The quantitative estimate of drug-likeness (QED) is 0.598. The summed E-state index contributed by atoms with van der Waals surface area (Å²) in [5, 5.41) is 0. The van der Waals surface area contributed by atoms with Gasteiger partial charge in [-0.1, -0.05) is 30.3 Å². The molecule has 4 rings (SSSR count). The van der Waals surface area contributed by atoms with Crippen LogP contribution in [-0.2, 0) is 26.1 Å². The molecule has 0 aliphatic carbocycles. The molecule has 1 amide bonds. The van der Waals surface area contributed by atoms with E-state index in [2.05, 4.69) is 12.1 Å². The third-order valence-electron chi connectivity index (χ3n) is 6.49. The lowest BCUT2D eigenvalue weighted by molar-refractivity contribution is -0.0440. The molecule has 2 aliphatic heterocycles. The van der Waals surface area contributed by atoms with Gasteiger partial charge in [0, 0.05) is 38.3 Å². The zero-order valence-corrected chi connectivity index (χ0v) is 20.7. The number of carbonyl (C=O) groups is 1. The summed E-state index contributed by atoms with van der Waals surface area (Å²) in [4.78, 5) is 15.0. The molecule has 7 nitrogen and oxygen atoms in total. The number of amides is 1. The van der Waals surface area contributed by atoms with Crippen LogP contribution in [0.3, 0.4) is 0 Å². The van der Waals surface area contributed by atoms with Crippen molar-refractivity contribution >= 4 is 15.9 Å². The molecule has 2 heterocycles. The van der Waals surface area contributed by atoms with Crippen molar-refractivity contribution in [2.75, 3.05) is 32.8 Å². The van der Waals surface area contributed by atoms with Gasteiger partial charge in [-0.3, -0.25) is 4.79 Å². The number of hydrogen-bond acceptors (Lipinski definition) is 5. The predicted octanol–water partition coefficient (Wildman–Crippen LogP) is 3.55. The molecule has 0 spiro atoms. The van der Waals surface area contributed by atoms with Crippen LogP contribution >= 0.6 is 0 Å². The molecule has 2 atom stereocenters. The Morgan fingerprint density at radius 2 is 1.59 bits per heavy atom. The molecule has 2 unspecified atom stereocenters. The first-order valence-electron chi connectivity index (χ1n) is 12.0. The lowest BCUT2D eigenvalue weighted by atomic mass is 9.97. The predicted molar refractivity (Wildman–Crippen MR) is 130 cm³/mol. The number of sulfonamides is 1. The van der Waals surface area contributed by atoms with Crippen LogP contribution < -0.4 is 0 Å². The summed E-state index contributed by atoms with van der Waals surface area (Å²) in [6, 6.07) is 16.4. The Morgan fingerprint density at radius 3 is 2.21 bits per heavy atom. The van der Waals surface area contributed by atoms with E-state index in [1.165, 1.54) is 22.0 Å².